The number of hydrogen-bond donors (Lipinski definition) is 0. The summed E-state index contributed by atoms with van der Waals surface area (Å²) in [6.07, 6.45) is 0. The molecule has 0 fully saturated rings. The molecule has 0 aliphatic heterocycles. The van der Waals surface area contributed by atoms with Crippen LogP contribution in [0.3, 0.4) is 0 Å². The van der Waals surface area contributed by atoms with Crippen LogP contribution in [0, 0.1) is 0 Å². The summed E-state index contributed by atoms with van der Waals surface area (Å²) in [4.78, 5) is 0. The quantitative estimate of drug-likeness (QED) is 0.449. The molecular weight excluding hydrogens is 234 g/mol. The summed E-state index contributed by atoms with van der Waals surface area (Å²) in [5.41, 5.74) is 0. The van der Waals surface area contributed by atoms with Crippen LogP contribution in [0.5, 0.6) is 0 Å². The predicted octanol–water partition coefficient (Wildman–Crippen LogP) is 3.75. The van der Waals surface area contributed by atoms with E-state index < -0.39 is 14.1 Å². The maximum Gasteiger partial charge on any atom is 0.270 e. The average molecular weight is 243 g/mol. The van der Waals surface area contributed by atoms with Crippen LogP contribution >= 0.6 is 44.3 Å². The summed E-state index contributed by atoms with van der Waals surface area (Å²) in [6.45, 7) is 3.85. The first-order valence-electron chi connectivity index (χ1n) is 2.26. The first-order chi connectivity index (χ1) is 3.73. The van der Waals surface area contributed by atoms with E-state index in [-0.39, 0.29) is 0 Å². The van der Waals surface area contributed by atoms with Crippen LogP contribution < -0.4 is 0 Å². The molecule has 0 heterocycles. The fraction of sp³-hybridized carbons (Fsp3) is 1.00. The van der Waals surface area contributed by atoms with Gasteiger partial charge in [-0.1, -0.05) is 0 Å². The van der Waals surface area contributed by atoms with Crippen molar-refractivity contribution in [3.8, 4) is 0 Å². The fourth-order valence-electron chi connectivity index (χ4n) is 0. The van der Waals surface area contributed by atoms with Crippen LogP contribution in [0.2, 0.25) is 19.6 Å². The molecule has 57 valence electrons. The van der Waals surface area contributed by atoms with Crippen LogP contribution in [0.4, 0.5) is 0 Å². The molecule has 0 rings (SSSR count). The molecule has 0 bridgehead atoms. The van der Waals surface area contributed by atoms with Gasteiger partial charge in [0.2, 0.25) is 6.69 Å². The topological polar surface area (TPSA) is 0 Å². The Bertz CT molecular complexity index is 50.6. The van der Waals surface area contributed by atoms with Gasteiger partial charge < -0.3 is 0 Å². The first kappa shape index (κ1) is 13.2. The Balaban J connectivity index is 0. The van der Waals surface area contributed by atoms with Gasteiger partial charge in [-0.05, 0) is 19.6 Å². The van der Waals surface area contributed by atoms with Gasteiger partial charge in [0.15, 0.2) is 0 Å². The van der Waals surface area contributed by atoms with Gasteiger partial charge in [0.25, 0.3) is 7.42 Å². The molecule has 0 aromatic heterocycles. The molecule has 0 unspecified atom stereocenters. The highest BCUT2D eigenvalue weighted by atomic mass is 35.7. The van der Waals surface area contributed by atoms with Gasteiger partial charge >= 0.3 is 0 Å². The second-order valence-corrected chi connectivity index (χ2v) is 15.6. The molecule has 9 heavy (non-hydrogen) atoms. The molecule has 0 aromatic carbocycles. The number of rotatable bonds is 0. The van der Waals surface area contributed by atoms with Crippen LogP contribution in [0.25, 0.3) is 0 Å². The first-order valence-corrected chi connectivity index (χ1v) is 11.3. The molecule has 0 atom stereocenters. The molecule has 1 radical (unpaired) electrons. The molecule has 0 aromatic rings. The van der Waals surface area contributed by atoms with E-state index in [0.29, 0.717) is 0 Å². The molecule has 0 N–H and O–H groups in total. The van der Waals surface area contributed by atoms with E-state index >= 15 is 0 Å². The van der Waals surface area contributed by atoms with Crippen molar-refractivity contribution < 1.29 is 0 Å². The summed E-state index contributed by atoms with van der Waals surface area (Å²) in [7, 11) is -0.935. The standard InChI is InChI=1S/C2H6Cl2Si.CH3Cl2Si/c1-5(2,3)4;1-4(2)3/h1-2H3;1H3. The van der Waals surface area contributed by atoms with Gasteiger partial charge in [-0.25, -0.2) is 0 Å². The van der Waals surface area contributed by atoms with Crippen molar-refractivity contribution in [3.05, 3.63) is 0 Å². The van der Waals surface area contributed by atoms with Crippen molar-refractivity contribution >= 4 is 58.4 Å². The monoisotopic (exact) mass is 241 g/mol. The molecular formula is C3H9Cl4Si2. The average Bonchev–Trinajstić information content (AvgIpc) is 1.19. The third-order valence-corrected chi connectivity index (χ3v) is 0. The van der Waals surface area contributed by atoms with E-state index in [1.807, 2.05) is 13.1 Å². The zero-order valence-electron chi connectivity index (χ0n) is 5.51. The van der Waals surface area contributed by atoms with Crippen molar-refractivity contribution in [1.29, 1.82) is 0 Å². The lowest BCUT2D eigenvalue weighted by atomic mass is 11.9. The third kappa shape index (κ3) is 218. The van der Waals surface area contributed by atoms with E-state index in [2.05, 4.69) is 0 Å². The van der Waals surface area contributed by atoms with Crippen LogP contribution in [0.15, 0.2) is 0 Å². The maximum absolute atomic E-state index is 5.43. The second kappa shape index (κ2) is 6.31. The van der Waals surface area contributed by atoms with Crippen molar-refractivity contribution in [3.63, 3.8) is 0 Å². The molecule has 6 heteroatoms. The van der Waals surface area contributed by atoms with Gasteiger partial charge in [-0.3, -0.25) is 0 Å². The van der Waals surface area contributed by atoms with Crippen molar-refractivity contribution in [2.24, 2.45) is 0 Å². The minimum atomic E-state index is -1.67. The Hall–Kier alpha value is 1.59. The summed E-state index contributed by atoms with van der Waals surface area (Å²) >= 11 is 21.2. The van der Waals surface area contributed by atoms with E-state index in [4.69, 9.17) is 44.3 Å². The van der Waals surface area contributed by atoms with E-state index in [9.17, 15) is 0 Å². The third-order valence-electron chi connectivity index (χ3n) is 0. The van der Waals surface area contributed by atoms with Gasteiger partial charge in [0, 0.05) is 0 Å². The SMILES string of the molecule is C[Si](C)(Cl)Cl.C[Si](Cl)Cl. The summed E-state index contributed by atoms with van der Waals surface area (Å²) in [5.74, 6) is 0. The lowest BCUT2D eigenvalue weighted by Gasteiger charge is -1.93. The minimum absolute atomic E-state index is 0.935. The van der Waals surface area contributed by atoms with Crippen LogP contribution in [-0.2, 0) is 0 Å². The van der Waals surface area contributed by atoms with Gasteiger partial charge in [-0.2, -0.15) is 0 Å². The fourth-order valence-corrected chi connectivity index (χ4v) is 0. The summed E-state index contributed by atoms with van der Waals surface area (Å²) in [6, 6.07) is 0. The van der Waals surface area contributed by atoms with Gasteiger partial charge in [0.1, 0.15) is 0 Å². The lowest BCUT2D eigenvalue weighted by Crippen LogP contribution is -2.02. The Kier molecular flexibility index (Phi) is 9.26. The number of halogens is 4. The Morgan fingerprint density at radius 2 is 1.11 bits per heavy atom. The highest BCUT2D eigenvalue weighted by Gasteiger charge is 2.08. The van der Waals surface area contributed by atoms with Crippen molar-refractivity contribution in [2.75, 3.05) is 0 Å². The molecule has 0 aliphatic carbocycles. The Morgan fingerprint density at radius 3 is 1.11 bits per heavy atom. The normalized spacial score (nSPS) is 10.7. The van der Waals surface area contributed by atoms with Crippen LogP contribution in [-0.4, -0.2) is 14.1 Å². The molecule has 0 spiro atoms. The molecule has 0 saturated carbocycles. The van der Waals surface area contributed by atoms with E-state index in [1.165, 1.54) is 0 Å². The molecule has 0 aliphatic rings. The second-order valence-electron chi connectivity index (χ2n) is 1.78. The highest BCUT2D eigenvalue weighted by molar-refractivity contribution is 7.44. The van der Waals surface area contributed by atoms with E-state index in [1.54, 1.807) is 6.55 Å². The molecule has 0 nitrogen and oxygen atoms in total. The van der Waals surface area contributed by atoms with Crippen molar-refractivity contribution in [1.82, 2.24) is 0 Å². The van der Waals surface area contributed by atoms with E-state index in [0.717, 1.165) is 0 Å². The zero-order chi connectivity index (χ0) is 8.08. The summed E-state index contributed by atoms with van der Waals surface area (Å²) in [5, 5.41) is 0. The van der Waals surface area contributed by atoms with Crippen LogP contribution in [0.1, 0.15) is 0 Å². The lowest BCUT2D eigenvalue weighted by molar-refractivity contribution is 2.06. The van der Waals surface area contributed by atoms with Gasteiger partial charge in [0.05, 0.1) is 0 Å². The molecule has 0 amide bonds. The smallest absolute Gasteiger partial charge is 0.147 e. The highest BCUT2D eigenvalue weighted by Crippen LogP contribution is 2.10. The Labute approximate surface area is 77.9 Å². The van der Waals surface area contributed by atoms with Crippen molar-refractivity contribution in [2.45, 2.75) is 19.6 Å². The maximum atomic E-state index is 5.43. The largest absolute Gasteiger partial charge is 0.270 e. The van der Waals surface area contributed by atoms with Gasteiger partial charge in [-0.15, -0.1) is 44.3 Å². The Morgan fingerprint density at radius 1 is 1.11 bits per heavy atom. The predicted molar refractivity (Wildman–Crippen MR) is 52.5 cm³/mol. The number of hydrogen-bond acceptors (Lipinski definition) is 0. The summed E-state index contributed by atoms with van der Waals surface area (Å²) < 4.78 is 0. The molecule has 0 saturated heterocycles. The minimum Gasteiger partial charge on any atom is -0.147 e. The zero-order valence-corrected chi connectivity index (χ0v) is 10.5.